The summed E-state index contributed by atoms with van der Waals surface area (Å²) >= 11 is 0. The van der Waals surface area contributed by atoms with Crippen molar-refractivity contribution in [2.75, 3.05) is 38.0 Å². The maximum absolute atomic E-state index is 13.5. The molecule has 4 rings (SSSR count). The molecule has 0 aromatic heterocycles. The molecule has 1 atom stereocenters. The normalized spacial score (nSPS) is 14.7. The van der Waals surface area contributed by atoms with Crippen LogP contribution in [0, 0.1) is 0 Å². The minimum Gasteiger partial charge on any atom is -0.340 e. The van der Waals surface area contributed by atoms with Gasteiger partial charge in [-0.3, -0.25) is 19.3 Å². The Morgan fingerprint density at radius 2 is 1.31 bits per heavy atom. The summed E-state index contributed by atoms with van der Waals surface area (Å²) in [6.45, 7) is 2.47. The van der Waals surface area contributed by atoms with E-state index in [4.69, 9.17) is 0 Å². The lowest BCUT2D eigenvalue weighted by Gasteiger charge is -2.36. The first-order valence-electron chi connectivity index (χ1n) is 11.8. The Bertz CT molecular complexity index is 1110. The third kappa shape index (κ3) is 7.01. The molecule has 7 heteroatoms. The number of carbonyl (C=O) groups is 3. The van der Waals surface area contributed by atoms with Gasteiger partial charge in [0.05, 0.1) is 6.54 Å². The molecular weight excluding hydrogens is 440 g/mol. The van der Waals surface area contributed by atoms with Crippen molar-refractivity contribution in [2.24, 2.45) is 0 Å². The summed E-state index contributed by atoms with van der Waals surface area (Å²) in [7, 11) is 0. The molecule has 0 spiro atoms. The van der Waals surface area contributed by atoms with Gasteiger partial charge in [-0.1, -0.05) is 66.7 Å². The van der Waals surface area contributed by atoms with Crippen molar-refractivity contribution in [2.45, 2.75) is 12.5 Å². The molecule has 2 N–H and O–H groups in total. The molecule has 3 aromatic rings. The van der Waals surface area contributed by atoms with Crippen LogP contribution in [0.5, 0.6) is 0 Å². The molecular formula is C28H30N4O3. The van der Waals surface area contributed by atoms with Gasteiger partial charge in [0.25, 0.3) is 5.91 Å². The Morgan fingerprint density at radius 1 is 0.743 bits per heavy atom. The fraction of sp³-hybridized carbons (Fsp3) is 0.250. The smallest absolute Gasteiger partial charge is 0.251 e. The van der Waals surface area contributed by atoms with Crippen molar-refractivity contribution in [1.29, 1.82) is 0 Å². The predicted molar refractivity (Wildman–Crippen MR) is 136 cm³/mol. The molecule has 1 aliphatic rings. The number of amides is 3. The van der Waals surface area contributed by atoms with Crippen molar-refractivity contribution in [1.82, 2.24) is 15.1 Å². The number of piperazine rings is 1. The van der Waals surface area contributed by atoms with Crippen LogP contribution >= 0.6 is 0 Å². The molecule has 1 saturated heterocycles. The molecule has 1 heterocycles. The van der Waals surface area contributed by atoms with Crippen LogP contribution in [0.25, 0.3) is 0 Å². The first-order valence-corrected chi connectivity index (χ1v) is 11.8. The van der Waals surface area contributed by atoms with Gasteiger partial charge in [-0.05, 0) is 29.8 Å². The Balaban J connectivity index is 1.35. The fourth-order valence-corrected chi connectivity index (χ4v) is 4.15. The van der Waals surface area contributed by atoms with Crippen molar-refractivity contribution >= 4 is 23.4 Å². The third-order valence-electron chi connectivity index (χ3n) is 6.03. The Labute approximate surface area is 205 Å². The fourth-order valence-electron chi connectivity index (χ4n) is 4.15. The molecule has 180 valence electrons. The molecule has 3 aromatic carbocycles. The zero-order valence-electron chi connectivity index (χ0n) is 19.6. The molecule has 1 unspecified atom stereocenters. The molecule has 0 radical (unpaired) electrons. The molecule has 7 nitrogen and oxygen atoms in total. The van der Waals surface area contributed by atoms with Gasteiger partial charge in [0.1, 0.15) is 6.04 Å². The maximum Gasteiger partial charge on any atom is 0.251 e. The van der Waals surface area contributed by atoms with E-state index in [-0.39, 0.29) is 24.3 Å². The largest absolute Gasteiger partial charge is 0.340 e. The zero-order valence-corrected chi connectivity index (χ0v) is 19.6. The van der Waals surface area contributed by atoms with E-state index in [9.17, 15) is 14.4 Å². The molecule has 35 heavy (non-hydrogen) atoms. The molecule has 1 fully saturated rings. The first-order chi connectivity index (χ1) is 17.1. The van der Waals surface area contributed by atoms with Crippen LogP contribution in [-0.4, -0.2) is 66.3 Å². The van der Waals surface area contributed by atoms with Crippen LogP contribution in [0.1, 0.15) is 15.9 Å². The van der Waals surface area contributed by atoms with Gasteiger partial charge in [0.15, 0.2) is 0 Å². The van der Waals surface area contributed by atoms with Gasteiger partial charge in [-0.2, -0.15) is 0 Å². The van der Waals surface area contributed by atoms with Crippen molar-refractivity contribution in [3.05, 3.63) is 102 Å². The number of nitrogens with one attached hydrogen (secondary N) is 2. The van der Waals surface area contributed by atoms with E-state index in [1.165, 1.54) is 0 Å². The number of para-hydroxylation sites is 1. The lowest BCUT2D eigenvalue weighted by molar-refractivity contribution is -0.135. The number of hydrogen-bond acceptors (Lipinski definition) is 4. The Kier molecular flexibility index (Phi) is 8.25. The lowest BCUT2D eigenvalue weighted by Crippen LogP contribution is -2.56. The summed E-state index contributed by atoms with van der Waals surface area (Å²) in [5.41, 5.74) is 2.27. The Hall–Kier alpha value is -3.97. The number of hydrogen-bond donors (Lipinski definition) is 2. The average Bonchev–Trinajstić information content (AvgIpc) is 2.90. The topological polar surface area (TPSA) is 81.8 Å². The average molecular weight is 471 g/mol. The third-order valence-corrected chi connectivity index (χ3v) is 6.03. The number of benzene rings is 3. The number of rotatable bonds is 8. The second kappa shape index (κ2) is 11.9. The molecule has 3 amide bonds. The summed E-state index contributed by atoms with van der Waals surface area (Å²) in [4.78, 5) is 42.5. The minimum absolute atomic E-state index is 0.0759. The summed E-state index contributed by atoms with van der Waals surface area (Å²) in [5.74, 6) is -0.448. The minimum atomic E-state index is -0.668. The summed E-state index contributed by atoms with van der Waals surface area (Å²) in [6.07, 6.45) is 0.415. The van der Waals surface area contributed by atoms with E-state index in [1.807, 2.05) is 71.6 Å². The lowest BCUT2D eigenvalue weighted by atomic mass is 10.0. The van der Waals surface area contributed by atoms with Gasteiger partial charge >= 0.3 is 0 Å². The highest BCUT2D eigenvalue weighted by Gasteiger charge is 2.29. The highest BCUT2D eigenvalue weighted by molar-refractivity contribution is 5.97. The number of carbonyl (C=O) groups excluding carboxylic acids is 3. The highest BCUT2D eigenvalue weighted by Crippen LogP contribution is 2.11. The summed E-state index contributed by atoms with van der Waals surface area (Å²) < 4.78 is 0. The standard InChI is InChI=1S/C28H30N4O3/c33-26(29-24-14-8-3-9-15-24)21-31-16-18-32(19-17-31)28(35)25(20-22-10-4-1-5-11-22)30-27(34)23-12-6-2-7-13-23/h1-15,25H,16-21H2,(H,29,33)(H,30,34). The van der Waals surface area contributed by atoms with Crippen molar-refractivity contribution in [3.63, 3.8) is 0 Å². The molecule has 0 saturated carbocycles. The van der Waals surface area contributed by atoms with Crippen LogP contribution in [0.2, 0.25) is 0 Å². The van der Waals surface area contributed by atoms with Crippen molar-refractivity contribution in [3.8, 4) is 0 Å². The SMILES string of the molecule is O=C(CN1CCN(C(=O)C(Cc2ccccc2)NC(=O)c2ccccc2)CC1)Nc1ccccc1. The van der Waals surface area contributed by atoms with Crippen molar-refractivity contribution < 1.29 is 14.4 Å². The molecule has 1 aliphatic heterocycles. The van der Waals surface area contributed by atoms with Gasteiger partial charge in [-0.15, -0.1) is 0 Å². The van der Waals surface area contributed by atoms with E-state index in [0.29, 0.717) is 38.2 Å². The summed E-state index contributed by atoms with van der Waals surface area (Å²) in [6, 6.07) is 27.3. The van der Waals surface area contributed by atoms with Crippen LogP contribution < -0.4 is 10.6 Å². The van der Waals surface area contributed by atoms with E-state index in [2.05, 4.69) is 10.6 Å². The number of anilines is 1. The molecule has 0 aliphatic carbocycles. The predicted octanol–water partition coefficient (Wildman–Crippen LogP) is 2.81. The zero-order chi connectivity index (χ0) is 24.5. The maximum atomic E-state index is 13.5. The van der Waals surface area contributed by atoms with Crippen LogP contribution in [0.15, 0.2) is 91.0 Å². The second-order valence-corrected chi connectivity index (χ2v) is 8.60. The van der Waals surface area contributed by atoms with E-state index in [0.717, 1.165) is 11.3 Å². The van der Waals surface area contributed by atoms with Gasteiger partial charge in [-0.25, -0.2) is 0 Å². The first kappa shape index (κ1) is 24.2. The van der Waals surface area contributed by atoms with E-state index >= 15 is 0 Å². The van der Waals surface area contributed by atoms with Gasteiger partial charge in [0, 0.05) is 43.9 Å². The van der Waals surface area contributed by atoms with Gasteiger partial charge in [0.2, 0.25) is 11.8 Å². The van der Waals surface area contributed by atoms with Crippen LogP contribution in [0.3, 0.4) is 0 Å². The Morgan fingerprint density at radius 3 is 1.94 bits per heavy atom. The second-order valence-electron chi connectivity index (χ2n) is 8.60. The molecule has 0 bridgehead atoms. The number of nitrogens with zero attached hydrogens (tertiary/aromatic N) is 2. The summed E-state index contributed by atoms with van der Waals surface area (Å²) in [5, 5.41) is 5.84. The van der Waals surface area contributed by atoms with Crippen LogP contribution in [-0.2, 0) is 16.0 Å². The van der Waals surface area contributed by atoms with E-state index in [1.54, 1.807) is 29.2 Å². The highest BCUT2D eigenvalue weighted by atomic mass is 16.2. The quantitative estimate of drug-likeness (QED) is 0.531. The monoisotopic (exact) mass is 470 g/mol. The van der Waals surface area contributed by atoms with Crippen LogP contribution in [0.4, 0.5) is 5.69 Å². The van der Waals surface area contributed by atoms with Gasteiger partial charge < -0.3 is 15.5 Å². The van der Waals surface area contributed by atoms with E-state index < -0.39 is 6.04 Å².